The molecule has 3 saturated heterocycles. The predicted molar refractivity (Wildman–Crippen MR) is 179 cm³/mol. The highest BCUT2D eigenvalue weighted by molar-refractivity contribution is 9.09. The van der Waals surface area contributed by atoms with Crippen LogP contribution in [0.25, 0.3) is 0 Å². The van der Waals surface area contributed by atoms with E-state index >= 15 is 0 Å². The van der Waals surface area contributed by atoms with Crippen LogP contribution < -0.4 is 4.90 Å². The van der Waals surface area contributed by atoms with Gasteiger partial charge in [-0.25, -0.2) is 0 Å². The third-order valence-corrected chi connectivity index (χ3v) is 10.8. The maximum atomic E-state index is 14.9. The first-order valence-corrected chi connectivity index (χ1v) is 16.8. The maximum Gasteiger partial charge on any atom is 0.253 e. The number of carbonyl (C=O) groups is 3. The summed E-state index contributed by atoms with van der Waals surface area (Å²) >= 11 is 9.94. The Morgan fingerprint density at radius 1 is 1.13 bits per heavy atom. The molecule has 3 fully saturated rings. The topological polar surface area (TPSA) is 90.4 Å². The average molecular weight is 699 g/mol. The molecule has 1 N–H and O–H groups in total. The average Bonchev–Trinajstić information content (AvgIpc) is 3.63. The van der Waals surface area contributed by atoms with E-state index in [9.17, 15) is 19.5 Å². The van der Waals surface area contributed by atoms with E-state index in [4.69, 9.17) is 16.3 Å². The molecule has 0 aliphatic carbocycles. The van der Waals surface area contributed by atoms with E-state index in [2.05, 4.69) is 29.1 Å². The van der Waals surface area contributed by atoms with Crippen molar-refractivity contribution in [1.82, 2.24) is 9.80 Å². The molecule has 3 heterocycles. The fourth-order valence-corrected chi connectivity index (χ4v) is 8.49. The molecule has 45 heavy (non-hydrogen) atoms. The van der Waals surface area contributed by atoms with Gasteiger partial charge in [0.25, 0.3) is 5.91 Å². The Morgan fingerprint density at radius 2 is 1.80 bits per heavy atom. The number of nitrogens with zero attached hydrogens (tertiary/aromatic N) is 3. The highest BCUT2D eigenvalue weighted by Crippen LogP contribution is 2.61. The second kappa shape index (κ2) is 13.8. The van der Waals surface area contributed by atoms with Crippen molar-refractivity contribution in [2.45, 2.75) is 61.8 Å². The molecule has 0 saturated carbocycles. The molecule has 1 spiro atoms. The Morgan fingerprint density at radius 3 is 2.40 bits per heavy atom. The summed E-state index contributed by atoms with van der Waals surface area (Å²) in [5.41, 5.74) is 0.276. The minimum absolute atomic E-state index is 0.116. The highest BCUT2D eigenvalue weighted by atomic mass is 79.9. The van der Waals surface area contributed by atoms with Gasteiger partial charge in [-0.05, 0) is 42.2 Å². The number of likely N-dealkylation sites (tertiary alicyclic amines) is 1. The minimum Gasteiger partial charge on any atom is -0.394 e. The maximum absolute atomic E-state index is 14.9. The van der Waals surface area contributed by atoms with Crippen LogP contribution in [0.3, 0.4) is 0 Å². The van der Waals surface area contributed by atoms with E-state index in [0.29, 0.717) is 36.6 Å². The first-order valence-electron chi connectivity index (χ1n) is 15.5. The van der Waals surface area contributed by atoms with E-state index < -0.39 is 35.6 Å². The van der Waals surface area contributed by atoms with Gasteiger partial charge in [0, 0.05) is 35.2 Å². The Kier molecular flexibility index (Phi) is 10.2. The standard InChI is InChI=1S/C35H41BrClN3O5/c1-5-17-38(20-23-11-9-8-10-12-23)32(42)28-29-33(43)40(27(21-41)22(4)7-3)31(35(29)19-26(36)30(28)45-35)34(44)39(18-6-2)25-15-13-24(37)14-16-25/h5-6,8-16,22,26-31,41H,1-2,7,17-21H2,3-4H3/t22-,26?,27-,28+,29-,30+,31?,35?/m0/s1. The number of alkyl halides is 1. The first-order chi connectivity index (χ1) is 21.6. The normalized spacial score (nSPS) is 28.0. The van der Waals surface area contributed by atoms with Crippen molar-refractivity contribution < 1.29 is 24.2 Å². The van der Waals surface area contributed by atoms with Gasteiger partial charge in [0.15, 0.2) is 0 Å². The number of aliphatic hydroxyl groups is 1. The lowest BCUT2D eigenvalue weighted by molar-refractivity contribution is -0.148. The van der Waals surface area contributed by atoms with Crippen LogP contribution in [0.15, 0.2) is 79.9 Å². The van der Waals surface area contributed by atoms with Gasteiger partial charge in [-0.1, -0.05) is 90.3 Å². The van der Waals surface area contributed by atoms with Crippen LogP contribution in [0.2, 0.25) is 5.02 Å². The molecule has 3 amide bonds. The summed E-state index contributed by atoms with van der Waals surface area (Å²) in [6, 6.07) is 14.9. The number of anilines is 1. The Balaban J connectivity index is 1.61. The lowest BCUT2D eigenvalue weighted by atomic mass is 9.70. The zero-order valence-electron chi connectivity index (χ0n) is 25.7. The van der Waals surface area contributed by atoms with E-state index in [1.54, 1.807) is 51.1 Å². The van der Waals surface area contributed by atoms with Gasteiger partial charge in [-0.15, -0.1) is 13.2 Å². The molecule has 0 radical (unpaired) electrons. The smallest absolute Gasteiger partial charge is 0.253 e. The molecule has 10 heteroatoms. The van der Waals surface area contributed by atoms with Crippen LogP contribution in [-0.4, -0.2) is 80.9 Å². The molecule has 5 rings (SSSR count). The number of benzene rings is 2. The van der Waals surface area contributed by atoms with Crippen molar-refractivity contribution in [3.05, 3.63) is 90.5 Å². The summed E-state index contributed by atoms with van der Waals surface area (Å²) in [6.45, 7) is 12.2. The van der Waals surface area contributed by atoms with Crippen LogP contribution in [-0.2, 0) is 25.7 Å². The highest BCUT2D eigenvalue weighted by Gasteiger charge is 2.77. The number of amides is 3. The number of fused-ring (bicyclic) bond motifs is 1. The van der Waals surface area contributed by atoms with Crippen LogP contribution in [0.5, 0.6) is 0 Å². The number of hydrogen-bond acceptors (Lipinski definition) is 5. The third-order valence-electron chi connectivity index (χ3n) is 9.68. The number of hydrogen-bond donors (Lipinski definition) is 1. The van der Waals surface area contributed by atoms with Crippen LogP contribution >= 0.6 is 27.5 Å². The molecule has 3 aliphatic heterocycles. The number of ether oxygens (including phenoxy) is 1. The second-order valence-electron chi connectivity index (χ2n) is 12.3. The van der Waals surface area contributed by atoms with Crippen LogP contribution in [0, 0.1) is 17.8 Å². The fraction of sp³-hybridized carbons (Fsp3) is 0.457. The largest absolute Gasteiger partial charge is 0.394 e. The lowest BCUT2D eigenvalue weighted by Gasteiger charge is -2.41. The quantitative estimate of drug-likeness (QED) is 0.229. The predicted octanol–water partition coefficient (Wildman–Crippen LogP) is 5.23. The molecule has 2 aromatic rings. The van der Waals surface area contributed by atoms with E-state index in [0.717, 1.165) is 5.56 Å². The summed E-state index contributed by atoms with van der Waals surface area (Å²) in [4.78, 5) is 48.7. The SMILES string of the molecule is C=CCN(Cc1ccccc1)C(=O)[C@H]1[C@@H]2OC3(CC2Br)C(C(=O)N(CC=C)c2ccc(Cl)cc2)N([C@@H](CO)[C@@H](C)CC)C(=O)[C@H]13. The summed E-state index contributed by atoms with van der Waals surface area (Å²) < 4.78 is 6.78. The van der Waals surface area contributed by atoms with Crippen molar-refractivity contribution in [3.63, 3.8) is 0 Å². The number of rotatable bonds is 13. The third kappa shape index (κ3) is 5.88. The molecule has 8 nitrogen and oxygen atoms in total. The van der Waals surface area contributed by atoms with Crippen LogP contribution in [0.1, 0.15) is 32.3 Å². The zero-order valence-corrected chi connectivity index (χ0v) is 28.1. The molecular formula is C35H41BrClN3O5. The van der Waals surface area contributed by atoms with Crippen LogP contribution in [0.4, 0.5) is 5.69 Å². The molecule has 3 unspecified atom stereocenters. The molecule has 240 valence electrons. The number of aliphatic hydroxyl groups excluding tert-OH is 1. The Bertz CT molecular complexity index is 1420. The van der Waals surface area contributed by atoms with E-state index in [1.165, 1.54) is 0 Å². The van der Waals surface area contributed by atoms with Gasteiger partial charge in [0.05, 0.1) is 30.6 Å². The molecule has 3 aliphatic rings. The summed E-state index contributed by atoms with van der Waals surface area (Å²) in [6.07, 6.45) is 3.75. The summed E-state index contributed by atoms with van der Waals surface area (Å²) in [5, 5.41) is 11.2. The van der Waals surface area contributed by atoms with Crippen molar-refractivity contribution in [2.75, 3.05) is 24.6 Å². The van der Waals surface area contributed by atoms with Crippen molar-refractivity contribution in [3.8, 4) is 0 Å². The van der Waals surface area contributed by atoms with E-state index in [1.807, 2.05) is 44.2 Å². The van der Waals surface area contributed by atoms with Gasteiger partial charge in [0.1, 0.15) is 11.6 Å². The fourth-order valence-electron chi connectivity index (χ4n) is 7.42. The zero-order chi connectivity index (χ0) is 32.5. The number of halogens is 2. The molecule has 8 atom stereocenters. The number of carbonyl (C=O) groups excluding carboxylic acids is 3. The summed E-state index contributed by atoms with van der Waals surface area (Å²) in [5.74, 6) is -2.73. The van der Waals surface area contributed by atoms with Gasteiger partial charge in [-0.2, -0.15) is 0 Å². The van der Waals surface area contributed by atoms with Gasteiger partial charge < -0.3 is 24.5 Å². The molecule has 0 aromatic heterocycles. The van der Waals surface area contributed by atoms with Crippen molar-refractivity contribution in [1.29, 1.82) is 0 Å². The molecular weight excluding hydrogens is 658 g/mol. The van der Waals surface area contributed by atoms with Gasteiger partial charge in [-0.3, -0.25) is 14.4 Å². The molecule has 2 bridgehead atoms. The molecule has 2 aromatic carbocycles. The van der Waals surface area contributed by atoms with Crippen molar-refractivity contribution in [2.24, 2.45) is 17.8 Å². The lowest BCUT2D eigenvalue weighted by Crippen LogP contribution is -2.60. The first kappa shape index (κ1) is 33.4. The van der Waals surface area contributed by atoms with E-state index in [-0.39, 0.29) is 41.6 Å². The van der Waals surface area contributed by atoms with Gasteiger partial charge in [0.2, 0.25) is 11.8 Å². The second-order valence-corrected chi connectivity index (χ2v) is 13.9. The van der Waals surface area contributed by atoms with Gasteiger partial charge >= 0.3 is 0 Å². The van der Waals surface area contributed by atoms with Crippen molar-refractivity contribution >= 4 is 50.9 Å². The monoisotopic (exact) mass is 697 g/mol. The minimum atomic E-state index is -1.27. The Hall–Kier alpha value is -2.98. The Labute approximate surface area is 278 Å². The summed E-state index contributed by atoms with van der Waals surface area (Å²) in [7, 11) is 0.